The standard InChI is InChI=1S/C72H56N6/c1-71(2)63-45-51(25-37-59(63)61-39-35-57(47-65(61)71)77(67-13-5-9-41-73-67)68-14-6-10-42-74-68)19-17-49-21-27-53(28-22-49)55-31-33-56(34-32-55)54-29-23-50(24-30-54)18-20-52-26-38-60-62-40-36-58(48-66(62)72(3,4)64(60)46-52)78(69-15-7-11-43-75-69)70-16-8-12-44-76-70/h5-48H,1-4H3/b19-17+,20-18+. The highest BCUT2D eigenvalue weighted by Crippen LogP contribution is 2.52. The molecule has 6 heteroatoms. The molecule has 0 fully saturated rings. The van der Waals surface area contributed by atoms with Crippen LogP contribution in [0.15, 0.2) is 243 Å². The molecular formula is C72H56N6. The molecule has 0 N–H and O–H groups in total. The molecule has 0 saturated heterocycles. The lowest BCUT2D eigenvalue weighted by atomic mass is 9.81. The molecule has 7 aromatic carbocycles. The largest absolute Gasteiger partial charge is 0.279 e. The Bertz CT molecular complexity index is 3690. The molecule has 6 nitrogen and oxygen atoms in total. The highest BCUT2D eigenvalue weighted by Gasteiger charge is 2.38. The van der Waals surface area contributed by atoms with Gasteiger partial charge in [-0.15, -0.1) is 0 Å². The minimum absolute atomic E-state index is 0.194. The predicted molar refractivity (Wildman–Crippen MR) is 324 cm³/mol. The van der Waals surface area contributed by atoms with E-state index in [0.29, 0.717) is 0 Å². The van der Waals surface area contributed by atoms with E-state index >= 15 is 0 Å². The third kappa shape index (κ3) is 8.87. The van der Waals surface area contributed by atoms with Gasteiger partial charge in [0.2, 0.25) is 0 Å². The Kier molecular flexibility index (Phi) is 12.1. The fourth-order valence-corrected chi connectivity index (χ4v) is 11.5. The first-order chi connectivity index (χ1) is 38.2. The van der Waals surface area contributed by atoms with E-state index in [0.717, 1.165) is 45.8 Å². The van der Waals surface area contributed by atoms with Crippen molar-refractivity contribution in [2.45, 2.75) is 38.5 Å². The van der Waals surface area contributed by atoms with Gasteiger partial charge in [0.05, 0.1) is 0 Å². The molecule has 374 valence electrons. The van der Waals surface area contributed by atoms with Crippen LogP contribution in [-0.2, 0) is 10.8 Å². The molecule has 0 spiro atoms. The lowest BCUT2D eigenvalue weighted by Gasteiger charge is -2.26. The Balaban J connectivity index is 0.659. The smallest absolute Gasteiger partial charge is 0.138 e. The molecule has 0 amide bonds. The maximum atomic E-state index is 4.70. The van der Waals surface area contributed by atoms with E-state index in [-0.39, 0.29) is 10.8 Å². The van der Waals surface area contributed by atoms with Gasteiger partial charge in [-0.2, -0.15) is 0 Å². The molecule has 78 heavy (non-hydrogen) atoms. The first kappa shape index (κ1) is 47.9. The van der Waals surface area contributed by atoms with Crippen molar-refractivity contribution >= 4 is 59.0 Å². The zero-order valence-corrected chi connectivity index (χ0v) is 44.1. The Morgan fingerprint density at radius 2 is 0.551 bits per heavy atom. The monoisotopic (exact) mass is 1000 g/mol. The summed E-state index contributed by atoms with van der Waals surface area (Å²) in [5.41, 5.74) is 21.5. The number of hydrogen-bond acceptors (Lipinski definition) is 6. The normalized spacial score (nSPS) is 13.5. The SMILES string of the molecule is CC1(C)c2cc(/C=C/c3ccc(-c4ccc(-c5ccc(/C=C/c6ccc7c(c6)C(C)(C)c6cc(N(c8ccccn8)c8ccccn8)ccc6-7)cc5)cc4)cc3)ccc2-c2ccc(N(c3ccccn3)c3ccccn3)cc21. The van der Waals surface area contributed by atoms with Gasteiger partial charge in [0, 0.05) is 47.0 Å². The van der Waals surface area contributed by atoms with Crippen LogP contribution in [-0.4, -0.2) is 19.9 Å². The van der Waals surface area contributed by atoms with Crippen molar-refractivity contribution in [1.82, 2.24) is 19.9 Å². The fourth-order valence-electron chi connectivity index (χ4n) is 11.5. The summed E-state index contributed by atoms with van der Waals surface area (Å²) >= 11 is 0. The minimum Gasteiger partial charge on any atom is -0.279 e. The van der Waals surface area contributed by atoms with Crippen LogP contribution in [0.25, 0.3) is 68.8 Å². The number of benzene rings is 7. The molecule has 0 unspecified atom stereocenters. The van der Waals surface area contributed by atoms with Gasteiger partial charge in [-0.05, 0) is 162 Å². The summed E-state index contributed by atoms with van der Waals surface area (Å²) in [4.78, 5) is 23.1. The molecule has 0 radical (unpaired) electrons. The first-order valence-corrected chi connectivity index (χ1v) is 26.7. The Morgan fingerprint density at radius 3 is 0.859 bits per heavy atom. The lowest BCUT2D eigenvalue weighted by molar-refractivity contribution is 0.660. The Morgan fingerprint density at radius 1 is 0.282 bits per heavy atom. The van der Waals surface area contributed by atoms with Crippen LogP contribution in [0, 0.1) is 0 Å². The van der Waals surface area contributed by atoms with Crippen molar-refractivity contribution < 1.29 is 0 Å². The highest BCUT2D eigenvalue weighted by molar-refractivity contribution is 5.88. The maximum Gasteiger partial charge on any atom is 0.138 e. The molecule has 0 bridgehead atoms. The molecule has 2 aliphatic rings. The number of pyridine rings is 4. The highest BCUT2D eigenvalue weighted by atomic mass is 15.2. The second kappa shape index (κ2) is 19.7. The van der Waals surface area contributed by atoms with Crippen LogP contribution in [0.2, 0.25) is 0 Å². The first-order valence-electron chi connectivity index (χ1n) is 26.7. The summed E-state index contributed by atoms with van der Waals surface area (Å²) in [6.45, 7) is 9.32. The van der Waals surface area contributed by atoms with E-state index in [2.05, 4.69) is 207 Å². The van der Waals surface area contributed by atoms with Gasteiger partial charge in [-0.1, -0.05) is 198 Å². The van der Waals surface area contributed by atoms with Gasteiger partial charge in [0.25, 0.3) is 0 Å². The molecular weight excluding hydrogens is 949 g/mol. The minimum atomic E-state index is -0.194. The van der Waals surface area contributed by atoms with Crippen LogP contribution in [0.1, 0.15) is 72.2 Å². The number of fused-ring (bicyclic) bond motifs is 6. The van der Waals surface area contributed by atoms with Crippen LogP contribution in [0.4, 0.5) is 34.6 Å². The second-order valence-corrected chi connectivity index (χ2v) is 21.2. The van der Waals surface area contributed by atoms with Gasteiger partial charge < -0.3 is 0 Å². The number of aromatic nitrogens is 4. The predicted octanol–water partition coefficient (Wildman–Crippen LogP) is 18.5. The van der Waals surface area contributed by atoms with E-state index in [4.69, 9.17) is 19.9 Å². The van der Waals surface area contributed by atoms with E-state index in [1.54, 1.807) is 0 Å². The summed E-state index contributed by atoms with van der Waals surface area (Å²) in [5, 5.41) is 0. The van der Waals surface area contributed by atoms with Crippen molar-refractivity contribution in [3.63, 3.8) is 0 Å². The number of hydrogen-bond donors (Lipinski definition) is 0. The summed E-state index contributed by atoms with van der Waals surface area (Å²) in [6, 6.07) is 77.8. The Hall–Kier alpha value is -9.78. The van der Waals surface area contributed by atoms with Crippen LogP contribution in [0.3, 0.4) is 0 Å². The molecule has 4 heterocycles. The summed E-state index contributed by atoms with van der Waals surface area (Å²) < 4.78 is 0. The average molecular weight is 1010 g/mol. The average Bonchev–Trinajstić information content (AvgIpc) is 4.01. The zero-order valence-electron chi connectivity index (χ0n) is 44.1. The Labute approximate surface area is 457 Å². The number of rotatable bonds is 12. The summed E-state index contributed by atoms with van der Waals surface area (Å²) in [6.07, 6.45) is 16.2. The van der Waals surface area contributed by atoms with E-state index in [1.807, 2.05) is 97.6 Å². The van der Waals surface area contributed by atoms with Crippen molar-refractivity contribution in [2.75, 3.05) is 9.80 Å². The molecule has 4 aromatic heterocycles. The number of nitrogens with zero attached hydrogens (tertiary/aromatic N) is 6. The number of anilines is 6. The third-order valence-electron chi connectivity index (χ3n) is 15.7. The van der Waals surface area contributed by atoms with Crippen molar-refractivity contribution in [3.8, 4) is 44.5 Å². The quantitative estimate of drug-likeness (QED) is 0.114. The van der Waals surface area contributed by atoms with E-state index < -0.39 is 0 Å². The second-order valence-electron chi connectivity index (χ2n) is 21.2. The topological polar surface area (TPSA) is 58.0 Å². The van der Waals surface area contributed by atoms with Crippen molar-refractivity contribution in [1.29, 1.82) is 0 Å². The van der Waals surface area contributed by atoms with Gasteiger partial charge >= 0.3 is 0 Å². The molecule has 2 aliphatic carbocycles. The van der Waals surface area contributed by atoms with Crippen molar-refractivity contribution in [2.24, 2.45) is 0 Å². The molecule has 11 aromatic rings. The van der Waals surface area contributed by atoms with E-state index in [1.165, 1.54) is 77.9 Å². The third-order valence-corrected chi connectivity index (χ3v) is 15.7. The van der Waals surface area contributed by atoms with Crippen LogP contribution >= 0.6 is 0 Å². The fraction of sp³-hybridized carbons (Fsp3) is 0.0833. The molecule has 13 rings (SSSR count). The lowest BCUT2D eigenvalue weighted by Crippen LogP contribution is -2.17. The van der Waals surface area contributed by atoms with Gasteiger partial charge in [-0.3, -0.25) is 9.80 Å². The maximum absolute atomic E-state index is 4.70. The van der Waals surface area contributed by atoms with Gasteiger partial charge in [-0.25, -0.2) is 19.9 Å². The molecule has 0 aliphatic heterocycles. The van der Waals surface area contributed by atoms with Crippen LogP contribution in [0.5, 0.6) is 0 Å². The van der Waals surface area contributed by atoms with Gasteiger partial charge in [0.15, 0.2) is 0 Å². The molecule has 0 atom stereocenters. The summed E-state index contributed by atoms with van der Waals surface area (Å²) in [5.74, 6) is 3.32. The van der Waals surface area contributed by atoms with Crippen LogP contribution < -0.4 is 9.80 Å². The zero-order chi connectivity index (χ0) is 52.8. The van der Waals surface area contributed by atoms with E-state index in [9.17, 15) is 0 Å². The molecule has 0 saturated carbocycles. The summed E-state index contributed by atoms with van der Waals surface area (Å²) in [7, 11) is 0. The van der Waals surface area contributed by atoms with Crippen molar-refractivity contribution in [3.05, 3.63) is 288 Å². The van der Waals surface area contributed by atoms with Gasteiger partial charge in [0.1, 0.15) is 23.3 Å².